The summed E-state index contributed by atoms with van der Waals surface area (Å²) in [5.41, 5.74) is 0. The number of rotatable bonds is 3. The van der Waals surface area contributed by atoms with Crippen LogP contribution in [0.1, 0.15) is 15.3 Å². The van der Waals surface area contributed by atoms with E-state index in [0.717, 1.165) is 0 Å². The summed E-state index contributed by atoms with van der Waals surface area (Å²) in [7, 11) is -3.72. The standard InChI is InChI=1S/C4H11NO3S.Na.H/c1-4(2)3-8-9(5,6)7;;/h4H,3H2,1-2H3,(H2,5,6,7);;/q;+1;-1. The average Bonchev–Trinajstić information content (AvgIpc) is 1.59. The van der Waals surface area contributed by atoms with Crippen molar-refractivity contribution in [2.24, 2.45) is 11.1 Å². The van der Waals surface area contributed by atoms with E-state index in [1.807, 2.05) is 13.8 Å². The topological polar surface area (TPSA) is 69.4 Å². The van der Waals surface area contributed by atoms with Crippen molar-refractivity contribution in [1.82, 2.24) is 0 Å². The molecule has 0 radical (unpaired) electrons. The summed E-state index contributed by atoms with van der Waals surface area (Å²) >= 11 is 0. The number of nitrogens with two attached hydrogens (primary N) is 1. The van der Waals surface area contributed by atoms with Crippen molar-refractivity contribution in [3.8, 4) is 0 Å². The second-order valence-corrected chi connectivity index (χ2v) is 3.39. The first-order valence-corrected chi connectivity index (χ1v) is 4.06. The fourth-order valence-corrected chi connectivity index (χ4v) is 0.693. The van der Waals surface area contributed by atoms with E-state index < -0.39 is 10.3 Å². The molecule has 0 aliphatic rings. The van der Waals surface area contributed by atoms with Crippen LogP contribution in [0.15, 0.2) is 0 Å². The third-order valence-electron chi connectivity index (χ3n) is 0.566. The van der Waals surface area contributed by atoms with Gasteiger partial charge in [0.15, 0.2) is 0 Å². The van der Waals surface area contributed by atoms with Gasteiger partial charge in [-0.3, -0.25) is 4.18 Å². The van der Waals surface area contributed by atoms with E-state index in [2.05, 4.69) is 9.32 Å². The number of hydrogen-bond acceptors (Lipinski definition) is 3. The first-order chi connectivity index (χ1) is 3.92. The van der Waals surface area contributed by atoms with Gasteiger partial charge in [-0.1, -0.05) is 13.8 Å². The minimum absolute atomic E-state index is 0. The predicted molar refractivity (Wildman–Crippen MR) is 35.0 cm³/mol. The monoisotopic (exact) mass is 177 g/mol. The Morgan fingerprint density at radius 1 is 1.60 bits per heavy atom. The zero-order valence-electron chi connectivity index (χ0n) is 7.49. The first kappa shape index (κ1) is 13.5. The van der Waals surface area contributed by atoms with E-state index in [1.165, 1.54) is 0 Å². The molecule has 0 bridgehead atoms. The van der Waals surface area contributed by atoms with Crippen LogP contribution in [-0.4, -0.2) is 15.0 Å². The first-order valence-electron chi connectivity index (χ1n) is 2.59. The van der Waals surface area contributed by atoms with E-state index >= 15 is 0 Å². The maximum atomic E-state index is 10.1. The zero-order valence-corrected chi connectivity index (χ0v) is 9.31. The SMILES string of the molecule is CC(C)COS(N)(=O)=O.[H-].[Na+]. The van der Waals surface area contributed by atoms with Gasteiger partial charge in [-0.2, -0.15) is 8.42 Å². The Balaban J connectivity index is -0.000000320. The molecule has 0 fully saturated rings. The fourth-order valence-electron chi connectivity index (χ4n) is 0.231. The molecule has 0 heterocycles. The van der Waals surface area contributed by atoms with Gasteiger partial charge in [-0.25, -0.2) is 5.14 Å². The fraction of sp³-hybridized carbons (Fsp3) is 1.00. The van der Waals surface area contributed by atoms with Gasteiger partial charge in [0.25, 0.3) is 0 Å². The molecule has 2 N–H and O–H groups in total. The molecule has 0 aromatic rings. The van der Waals surface area contributed by atoms with Gasteiger partial charge < -0.3 is 1.43 Å². The summed E-state index contributed by atoms with van der Waals surface area (Å²) in [6.07, 6.45) is 0. The van der Waals surface area contributed by atoms with Crippen molar-refractivity contribution >= 4 is 10.3 Å². The van der Waals surface area contributed by atoms with E-state index in [1.54, 1.807) is 0 Å². The molecule has 4 nitrogen and oxygen atoms in total. The van der Waals surface area contributed by atoms with Crippen LogP contribution >= 0.6 is 0 Å². The third kappa shape index (κ3) is 11.6. The van der Waals surface area contributed by atoms with Crippen LogP contribution in [0, 0.1) is 5.92 Å². The molecule has 0 aromatic carbocycles. The van der Waals surface area contributed by atoms with Gasteiger partial charge in [-0.05, 0) is 5.92 Å². The maximum Gasteiger partial charge on any atom is 1.00 e. The van der Waals surface area contributed by atoms with Crippen LogP contribution in [0.2, 0.25) is 0 Å². The van der Waals surface area contributed by atoms with Crippen LogP contribution in [0.4, 0.5) is 0 Å². The van der Waals surface area contributed by atoms with Crippen molar-refractivity contribution in [2.75, 3.05) is 6.61 Å². The van der Waals surface area contributed by atoms with E-state index in [4.69, 9.17) is 0 Å². The Morgan fingerprint density at radius 3 is 2.10 bits per heavy atom. The smallest absolute Gasteiger partial charge is 1.00 e. The second kappa shape index (κ2) is 5.51. The van der Waals surface area contributed by atoms with Gasteiger partial charge in [0.05, 0.1) is 6.61 Å². The van der Waals surface area contributed by atoms with Crippen molar-refractivity contribution in [3.05, 3.63) is 0 Å². The zero-order chi connectivity index (χ0) is 7.49. The quantitative estimate of drug-likeness (QED) is 0.466. The molecule has 0 saturated heterocycles. The van der Waals surface area contributed by atoms with Crippen molar-refractivity contribution < 1.29 is 43.6 Å². The van der Waals surface area contributed by atoms with Crippen LogP contribution in [0.25, 0.3) is 0 Å². The molecule has 0 rings (SSSR count). The minimum atomic E-state index is -3.72. The van der Waals surface area contributed by atoms with Crippen molar-refractivity contribution in [1.29, 1.82) is 0 Å². The van der Waals surface area contributed by atoms with Crippen LogP contribution < -0.4 is 34.7 Å². The molecule has 0 atom stereocenters. The van der Waals surface area contributed by atoms with Gasteiger partial charge in [0, 0.05) is 0 Å². The van der Waals surface area contributed by atoms with Gasteiger partial charge >= 0.3 is 39.9 Å². The number of hydrogen-bond donors (Lipinski definition) is 1. The molecule has 0 spiro atoms. The maximum absolute atomic E-state index is 10.1. The Labute approximate surface area is 85.2 Å². The molecule has 0 aliphatic heterocycles. The Morgan fingerprint density at radius 2 is 2.00 bits per heavy atom. The van der Waals surface area contributed by atoms with Crippen molar-refractivity contribution in [3.63, 3.8) is 0 Å². The summed E-state index contributed by atoms with van der Waals surface area (Å²) in [4.78, 5) is 0. The summed E-state index contributed by atoms with van der Waals surface area (Å²) < 4.78 is 24.4. The van der Waals surface area contributed by atoms with Crippen LogP contribution in [-0.2, 0) is 14.5 Å². The molecule has 0 aromatic heterocycles. The Bertz CT molecular complexity index is 170. The Hall–Kier alpha value is 0.870. The average molecular weight is 177 g/mol. The molecule has 10 heavy (non-hydrogen) atoms. The van der Waals surface area contributed by atoms with E-state index in [0.29, 0.717) is 0 Å². The van der Waals surface area contributed by atoms with Gasteiger partial charge in [0.2, 0.25) is 0 Å². The molecule has 0 amide bonds. The van der Waals surface area contributed by atoms with E-state index in [9.17, 15) is 8.42 Å². The van der Waals surface area contributed by atoms with Crippen molar-refractivity contribution in [2.45, 2.75) is 13.8 Å². The molecule has 0 unspecified atom stereocenters. The summed E-state index contributed by atoms with van der Waals surface area (Å²) in [6.45, 7) is 3.83. The molecule has 0 aliphatic carbocycles. The Kier molecular flexibility index (Phi) is 7.42. The summed E-state index contributed by atoms with van der Waals surface area (Å²) in [5, 5.41) is 4.53. The van der Waals surface area contributed by atoms with Crippen LogP contribution in [0.3, 0.4) is 0 Å². The summed E-state index contributed by atoms with van der Waals surface area (Å²) in [5.74, 6) is 0.184. The van der Waals surface area contributed by atoms with E-state index in [-0.39, 0.29) is 43.5 Å². The molecule has 6 heteroatoms. The molecular formula is C4H12NNaO3S. The van der Waals surface area contributed by atoms with Gasteiger partial charge in [0.1, 0.15) is 0 Å². The van der Waals surface area contributed by atoms with Gasteiger partial charge in [-0.15, -0.1) is 0 Å². The molecule has 0 saturated carbocycles. The van der Waals surface area contributed by atoms with Crippen LogP contribution in [0.5, 0.6) is 0 Å². The second-order valence-electron chi connectivity index (χ2n) is 2.17. The minimum Gasteiger partial charge on any atom is -1.00 e. The molecular weight excluding hydrogens is 165 g/mol. The largest absolute Gasteiger partial charge is 1.00 e. The third-order valence-corrected chi connectivity index (χ3v) is 1.03. The summed E-state index contributed by atoms with van der Waals surface area (Å²) in [6, 6.07) is 0. The predicted octanol–water partition coefficient (Wildman–Crippen LogP) is -3.02. The normalized spacial score (nSPS) is 11.2. The molecule has 58 valence electrons.